The Morgan fingerprint density at radius 1 is 1.67 bits per heavy atom. The molecule has 6 heavy (non-hydrogen) atoms. The van der Waals surface area contributed by atoms with Crippen LogP contribution in [-0.2, 0) is 4.79 Å². The monoisotopic (exact) mass is 133 g/mol. The quantitative estimate of drug-likeness (QED) is 0.308. The van der Waals surface area contributed by atoms with Crippen LogP contribution in [0.5, 0.6) is 0 Å². The van der Waals surface area contributed by atoms with Gasteiger partial charge < -0.3 is 22.3 Å². The zero-order chi connectivity index (χ0) is 3.58. The normalized spacial score (nSPS) is 4.17. The smallest absolute Gasteiger partial charge is 1.00 e. The second-order valence-electron chi connectivity index (χ2n) is 0.492. The summed E-state index contributed by atoms with van der Waals surface area (Å²) in [5.41, 5.74) is 0. The van der Waals surface area contributed by atoms with Gasteiger partial charge in [0.2, 0.25) is 0 Å². The molecule has 0 fully saturated rings. The summed E-state index contributed by atoms with van der Waals surface area (Å²) in [6.45, 7) is 0.972. The van der Waals surface area contributed by atoms with Crippen LogP contribution in [0.3, 0.4) is 0 Å². The molecule has 0 aliphatic rings. The van der Waals surface area contributed by atoms with Gasteiger partial charge >= 0.3 is 51.4 Å². The number of rotatable bonds is 0. The Kier molecular flexibility index (Phi) is 25.1. The first kappa shape index (κ1) is 15.7. The Morgan fingerprint density at radius 2 is 1.67 bits per heavy atom. The fourth-order valence-electron chi connectivity index (χ4n) is 0. The Labute approximate surface area is 85.1 Å². The fraction of sp³-hybridized carbons (Fsp3) is 0.500. The van der Waals surface area contributed by atoms with E-state index in [-0.39, 0.29) is 63.8 Å². The molecule has 0 aromatic rings. The molecule has 0 aliphatic heterocycles. The Morgan fingerprint density at radius 3 is 1.67 bits per heavy atom. The van der Waals surface area contributed by atoms with Crippen LogP contribution in [0.4, 0.5) is 0 Å². The van der Waals surface area contributed by atoms with E-state index >= 15 is 0 Å². The minimum absolute atomic E-state index is 0. The molecule has 0 amide bonds. The van der Waals surface area contributed by atoms with E-state index in [1.807, 2.05) is 0 Å². The van der Waals surface area contributed by atoms with Gasteiger partial charge in [-0.15, -0.1) is 0 Å². The molecule has 32 valence electrons. The van der Waals surface area contributed by atoms with Crippen molar-refractivity contribution in [1.82, 2.24) is 0 Å². The molecule has 0 radical (unpaired) electrons. The standard InChI is InChI=1S/C2H4O2.ClH.K/c1-2(3)4;;/h1H3,(H,3,4);1H;/q;;+1/p-2. The first-order valence-corrected chi connectivity index (χ1v) is 0.908. The van der Waals surface area contributed by atoms with Gasteiger partial charge in [-0.3, -0.25) is 0 Å². The number of carbonyl (C=O) groups is 1. The van der Waals surface area contributed by atoms with Crippen molar-refractivity contribution in [3.05, 3.63) is 0 Å². The maximum Gasteiger partial charge on any atom is 1.00 e. The zero-order valence-electron chi connectivity index (χ0n) is 3.69. The molecule has 2 nitrogen and oxygen atoms in total. The summed E-state index contributed by atoms with van der Waals surface area (Å²) >= 11 is 0. The van der Waals surface area contributed by atoms with E-state index in [1.165, 1.54) is 0 Å². The first-order valence-electron chi connectivity index (χ1n) is 0.908. The number of carboxylic acid groups (broad SMARTS) is 1. The largest absolute Gasteiger partial charge is 1.00 e. The van der Waals surface area contributed by atoms with Crippen molar-refractivity contribution in [1.29, 1.82) is 0 Å². The van der Waals surface area contributed by atoms with Gasteiger partial charge in [0.1, 0.15) is 0 Å². The Hall–Kier alpha value is 1.40. The van der Waals surface area contributed by atoms with Crippen LogP contribution < -0.4 is 68.9 Å². The first-order chi connectivity index (χ1) is 1.73. The molecule has 4 heteroatoms. The molecule has 0 aromatic carbocycles. The molecule has 0 rings (SSSR count). The van der Waals surface area contributed by atoms with Crippen LogP contribution in [0.15, 0.2) is 0 Å². The van der Waals surface area contributed by atoms with E-state index in [4.69, 9.17) is 9.90 Å². The van der Waals surface area contributed by atoms with Crippen LogP contribution >= 0.6 is 0 Å². The second kappa shape index (κ2) is 9.64. The molecule has 0 unspecified atom stereocenters. The Bertz CT molecular complexity index is 34.5. The van der Waals surface area contributed by atoms with E-state index < -0.39 is 5.97 Å². The Balaban J connectivity index is -0.0000000450. The summed E-state index contributed by atoms with van der Waals surface area (Å²) in [6.07, 6.45) is 0. The third-order valence-electron chi connectivity index (χ3n) is 0. The average molecular weight is 134 g/mol. The number of aliphatic carboxylic acids is 1. The van der Waals surface area contributed by atoms with Crippen LogP contribution in [0, 0.1) is 0 Å². The molecule has 0 N–H and O–H groups in total. The molecule has 0 aliphatic carbocycles. The molecule has 0 atom stereocenters. The van der Waals surface area contributed by atoms with Gasteiger partial charge in [-0.2, -0.15) is 0 Å². The van der Waals surface area contributed by atoms with Crippen LogP contribution in [0.1, 0.15) is 6.92 Å². The van der Waals surface area contributed by atoms with E-state index in [9.17, 15) is 0 Å². The summed E-state index contributed by atoms with van der Waals surface area (Å²) in [5.74, 6) is -1.08. The molecule has 0 saturated carbocycles. The summed E-state index contributed by atoms with van der Waals surface area (Å²) in [5, 5.41) is 8.89. The number of hydrogen-bond acceptors (Lipinski definition) is 2. The van der Waals surface area contributed by atoms with E-state index in [2.05, 4.69) is 0 Å². The summed E-state index contributed by atoms with van der Waals surface area (Å²) in [7, 11) is 0. The molecule has 0 bridgehead atoms. The summed E-state index contributed by atoms with van der Waals surface area (Å²) < 4.78 is 0. The van der Waals surface area contributed by atoms with Crippen molar-refractivity contribution in [3.8, 4) is 0 Å². The van der Waals surface area contributed by atoms with E-state index in [1.54, 1.807) is 0 Å². The third kappa shape index (κ3) is 53.5. The predicted molar refractivity (Wildman–Crippen MR) is 10.7 cm³/mol. The van der Waals surface area contributed by atoms with Gasteiger partial charge in [0.25, 0.3) is 0 Å². The van der Waals surface area contributed by atoms with Gasteiger partial charge in [-0.25, -0.2) is 0 Å². The second-order valence-corrected chi connectivity index (χ2v) is 0.492. The van der Waals surface area contributed by atoms with Gasteiger partial charge in [-0.05, 0) is 6.92 Å². The van der Waals surface area contributed by atoms with Crippen LogP contribution in [0.25, 0.3) is 0 Å². The minimum Gasteiger partial charge on any atom is -1.00 e. The topological polar surface area (TPSA) is 40.1 Å². The fourth-order valence-corrected chi connectivity index (χ4v) is 0. The molecule has 0 aromatic heterocycles. The van der Waals surface area contributed by atoms with Crippen LogP contribution in [-0.4, -0.2) is 5.97 Å². The van der Waals surface area contributed by atoms with Crippen molar-refractivity contribution in [2.24, 2.45) is 0 Å². The van der Waals surface area contributed by atoms with Gasteiger partial charge in [0, 0.05) is 5.97 Å². The minimum atomic E-state index is -1.08. The molecule has 0 spiro atoms. The average Bonchev–Trinajstić information content (AvgIpc) is 0.811. The van der Waals surface area contributed by atoms with Gasteiger partial charge in [0.05, 0.1) is 0 Å². The van der Waals surface area contributed by atoms with Crippen molar-refractivity contribution < 1.29 is 73.7 Å². The maximum atomic E-state index is 8.89. The SMILES string of the molecule is CC(=O)[O-].[Cl-].[K+]. The number of halogens is 1. The molecular weight excluding hydrogens is 131 g/mol. The van der Waals surface area contributed by atoms with E-state index in [0.29, 0.717) is 0 Å². The van der Waals surface area contributed by atoms with E-state index in [0.717, 1.165) is 6.92 Å². The number of hydrogen-bond donors (Lipinski definition) is 0. The number of carbonyl (C=O) groups excluding carboxylic acids is 1. The molecule has 0 saturated heterocycles. The van der Waals surface area contributed by atoms with Crippen molar-refractivity contribution >= 4 is 5.97 Å². The van der Waals surface area contributed by atoms with Crippen molar-refractivity contribution in [2.45, 2.75) is 6.92 Å². The van der Waals surface area contributed by atoms with Gasteiger partial charge in [-0.1, -0.05) is 0 Å². The summed E-state index contributed by atoms with van der Waals surface area (Å²) in [6, 6.07) is 0. The third-order valence-corrected chi connectivity index (χ3v) is 0. The van der Waals surface area contributed by atoms with Crippen LogP contribution in [0.2, 0.25) is 0 Å². The van der Waals surface area contributed by atoms with Gasteiger partial charge in [0.15, 0.2) is 0 Å². The molecular formula is C2H3ClKO2-. The predicted octanol–water partition coefficient (Wildman–Crippen LogP) is -7.24. The maximum absolute atomic E-state index is 8.89. The molecule has 0 heterocycles. The van der Waals surface area contributed by atoms with Crippen molar-refractivity contribution in [2.75, 3.05) is 0 Å². The zero-order valence-corrected chi connectivity index (χ0v) is 7.57. The van der Waals surface area contributed by atoms with Crippen molar-refractivity contribution in [3.63, 3.8) is 0 Å². The number of carboxylic acids is 1. The summed E-state index contributed by atoms with van der Waals surface area (Å²) in [4.78, 5) is 8.89.